The molecule has 6 nitrogen and oxygen atoms in total. The maximum absolute atomic E-state index is 12.1. The number of carbonyl (C=O) groups is 2. The van der Waals surface area contributed by atoms with E-state index in [0.717, 1.165) is 30.8 Å². The minimum Gasteiger partial charge on any atom is -0.484 e. The van der Waals surface area contributed by atoms with Crippen LogP contribution in [0, 0.1) is 0 Å². The van der Waals surface area contributed by atoms with Crippen molar-refractivity contribution in [3.05, 3.63) is 59.7 Å². The molecule has 0 radical (unpaired) electrons. The first-order valence-corrected chi connectivity index (χ1v) is 9.23. The zero-order valence-corrected chi connectivity index (χ0v) is 16.1. The van der Waals surface area contributed by atoms with E-state index in [4.69, 9.17) is 4.74 Å². The summed E-state index contributed by atoms with van der Waals surface area (Å²) in [6, 6.07) is 14.8. The van der Waals surface area contributed by atoms with E-state index in [1.807, 2.05) is 30.3 Å². The SMILES string of the molecule is CCc1cccc(OCC(=O)NNC(=O)c2ccc(N(CC)CC)cc2)c1. The van der Waals surface area contributed by atoms with Gasteiger partial charge in [-0.25, -0.2) is 0 Å². The Morgan fingerprint density at radius 2 is 1.67 bits per heavy atom. The first-order chi connectivity index (χ1) is 13.1. The largest absolute Gasteiger partial charge is 0.484 e. The summed E-state index contributed by atoms with van der Waals surface area (Å²) in [4.78, 5) is 26.2. The lowest BCUT2D eigenvalue weighted by Gasteiger charge is -2.21. The number of benzene rings is 2. The van der Waals surface area contributed by atoms with Gasteiger partial charge in [0.2, 0.25) is 0 Å². The van der Waals surface area contributed by atoms with Gasteiger partial charge in [-0.05, 0) is 62.2 Å². The van der Waals surface area contributed by atoms with Crippen molar-refractivity contribution in [2.24, 2.45) is 0 Å². The molecule has 0 heterocycles. The molecule has 0 aliphatic rings. The van der Waals surface area contributed by atoms with Crippen LogP contribution in [0.3, 0.4) is 0 Å². The molecule has 0 saturated heterocycles. The average molecular weight is 369 g/mol. The Hall–Kier alpha value is -3.02. The minimum absolute atomic E-state index is 0.172. The topological polar surface area (TPSA) is 70.7 Å². The molecule has 0 fully saturated rings. The van der Waals surface area contributed by atoms with Crippen molar-refractivity contribution in [2.45, 2.75) is 27.2 Å². The summed E-state index contributed by atoms with van der Waals surface area (Å²) in [6.07, 6.45) is 0.895. The summed E-state index contributed by atoms with van der Waals surface area (Å²) in [5, 5.41) is 0. The van der Waals surface area contributed by atoms with E-state index >= 15 is 0 Å². The fourth-order valence-electron chi connectivity index (χ4n) is 2.65. The van der Waals surface area contributed by atoms with Gasteiger partial charge in [0.25, 0.3) is 11.8 Å². The van der Waals surface area contributed by atoms with Crippen LogP contribution in [0.2, 0.25) is 0 Å². The number of aryl methyl sites for hydroxylation is 1. The molecule has 0 spiro atoms. The third-order valence-corrected chi connectivity index (χ3v) is 4.25. The maximum atomic E-state index is 12.1. The molecule has 0 aliphatic carbocycles. The lowest BCUT2D eigenvalue weighted by Crippen LogP contribution is -2.43. The zero-order chi connectivity index (χ0) is 19.6. The Bertz CT molecular complexity index is 756. The third kappa shape index (κ3) is 6.02. The Labute approximate surface area is 160 Å². The van der Waals surface area contributed by atoms with Crippen LogP contribution >= 0.6 is 0 Å². The van der Waals surface area contributed by atoms with Gasteiger partial charge < -0.3 is 9.64 Å². The number of nitrogens with one attached hydrogen (secondary N) is 2. The van der Waals surface area contributed by atoms with Crippen LogP contribution in [0.4, 0.5) is 5.69 Å². The number of amides is 2. The van der Waals surface area contributed by atoms with Gasteiger partial charge in [0.1, 0.15) is 5.75 Å². The molecular weight excluding hydrogens is 342 g/mol. The maximum Gasteiger partial charge on any atom is 0.276 e. The number of hydrogen-bond acceptors (Lipinski definition) is 4. The molecule has 2 aromatic rings. The molecule has 0 saturated carbocycles. The standard InChI is InChI=1S/C21H27N3O3/c1-4-16-8-7-9-19(14-16)27-15-20(25)22-23-21(26)17-10-12-18(13-11-17)24(5-2)6-3/h7-14H,4-6,15H2,1-3H3,(H,22,25)(H,23,26). The van der Waals surface area contributed by atoms with Crippen LogP contribution in [0.15, 0.2) is 48.5 Å². The Morgan fingerprint density at radius 1 is 0.963 bits per heavy atom. The number of hydrogen-bond donors (Lipinski definition) is 2. The number of ether oxygens (including phenoxy) is 1. The minimum atomic E-state index is -0.426. The number of nitrogens with zero attached hydrogens (tertiary/aromatic N) is 1. The molecule has 2 rings (SSSR count). The first kappa shape index (κ1) is 20.3. The highest BCUT2D eigenvalue weighted by Crippen LogP contribution is 2.15. The molecule has 0 aliphatic heterocycles. The van der Waals surface area contributed by atoms with Gasteiger partial charge in [0.15, 0.2) is 6.61 Å². The first-order valence-electron chi connectivity index (χ1n) is 9.23. The summed E-state index contributed by atoms with van der Waals surface area (Å²) in [5.41, 5.74) is 7.43. The van der Waals surface area contributed by atoms with Crippen molar-refractivity contribution in [3.8, 4) is 5.75 Å². The highest BCUT2D eigenvalue weighted by molar-refractivity contribution is 5.95. The number of rotatable bonds is 8. The van der Waals surface area contributed by atoms with Crippen molar-refractivity contribution in [1.29, 1.82) is 0 Å². The molecule has 2 N–H and O–H groups in total. The second-order valence-corrected chi connectivity index (χ2v) is 6.01. The highest BCUT2D eigenvalue weighted by atomic mass is 16.5. The molecule has 0 aromatic heterocycles. The Morgan fingerprint density at radius 3 is 2.30 bits per heavy atom. The summed E-state index contributed by atoms with van der Waals surface area (Å²) >= 11 is 0. The van der Waals surface area contributed by atoms with Crippen LogP contribution < -0.4 is 20.5 Å². The normalized spacial score (nSPS) is 10.2. The van der Waals surface area contributed by atoms with Crippen molar-refractivity contribution < 1.29 is 14.3 Å². The van der Waals surface area contributed by atoms with Crippen LogP contribution in [0.5, 0.6) is 5.75 Å². The quantitative estimate of drug-likeness (QED) is 0.702. The van der Waals surface area contributed by atoms with E-state index in [0.29, 0.717) is 11.3 Å². The van der Waals surface area contributed by atoms with Crippen molar-refractivity contribution >= 4 is 17.5 Å². The average Bonchev–Trinajstić information content (AvgIpc) is 2.72. The molecule has 6 heteroatoms. The second kappa shape index (κ2) is 10.2. The van der Waals surface area contributed by atoms with E-state index < -0.39 is 5.91 Å². The predicted molar refractivity (Wildman–Crippen MR) is 107 cm³/mol. The fourth-order valence-corrected chi connectivity index (χ4v) is 2.65. The molecular formula is C21H27N3O3. The summed E-state index contributed by atoms with van der Waals surface area (Å²) in [5.74, 6) is -0.171. The smallest absolute Gasteiger partial charge is 0.276 e. The van der Waals surface area contributed by atoms with Gasteiger partial charge in [-0.15, -0.1) is 0 Å². The zero-order valence-electron chi connectivity index (χ0n) is 16.1. The molecule has 27 heavy (non-hydrogen) atoms. The summed E-state index contributed by atoms with van der Waals surface area (Å²) in [6.45, 7) is 7.85. The Balaban J connectivity index is 1.81. The predicted octanol–water partition coefficient (Wildman–Crippen LogP) is 2.94. The van der Waals surface area contributed by atoms with Gasteiger partial charge in [0, 0.05) is 24.3 Å². The van der Waals surface area contributed by atoms with Gasteiger partial charge in [-0.1, -0.05) is 19.1 Å². The van der Waals surface area contributed by atoms with Crippen LogP contribution in [-0.2, 0) is 11.2 Å². The molecule has 2 aromatic carbocycles. The molecule has 0 unspecified atom stereocenters. The van der Waals surface area contributed by atoms with Crippen molar-refractivity contribution in [3.63, 3.8) is 0 Å². The van der Waals surface area contributed by atoms with Crippen molar-refractivity contribution in [1.82, 2.24) is 10.9 Å². The second-order valence-electron chi connectivity index (χ2n) is 6.01. The van der Waals surface area contributed by atoms with Gasteiger partial charge >= 0.3 is 0 Å². The van der Waals surface area contributed by atoms with E-state index in [2.05, 4.69) is 36.5 Å². The third-order valence-electron chi connectivity index (χ3n) is 4.25. The van der Waals surface area contributed by atoms with Gasteiger partial charge in [-0.3, -0.25) is 20.4 Å². The lowest BCUT2D eigenvalue weighted by atomic mass is 10.2. The van der Waals surface area contributed by atoms with Crippen LogP contribution in [0.25, 0.3) is 0 Å². The molecule has 2 amide bonds. The van der Waals surface area contributed by atoms with E-state index in [1.165, 1.54) is 0 Å². The number of anilines is 1. The number of hydrazine groups is 1. The summed E-state index contributed by atoms with van der Waals surface area (Å²) in [7, 11) is 0. The lowest BCUT2D eigenvalue weighted by molar-refractivity contribution is -0.123. The van der Waals surface area contributed by atoms with Crippen molar-refractivity contribution in [2.75, 3.05) is 24.6 Å². The van der Waals surface area contributed by atoms with Crippen LogP contribution in [-0.4, -0.2) is 31.5 Å². The molecule has 144 valence electrons. The van der Waals surface area contributed by atoms with Gasteiger partial charge in [-0.2, -0.15) is 0 Å². The summed E-state index contributed by atoms with van der Waals surface area (Å²) < 4.78 is 5.45. The van der Waals surface area contributed by atoms with E-state index in [9.17, 15) is 9.59 Å². The van der Waals surface area contributed by atoms with Gasteiger partial charge in [0.05, 0.1) is 0 Å². The molecule has 0 atom stereocenters. The van der Waals surface area contributed by atoms with E-state index in [1.54, 1.807) is 18.2 Å². The fraction of sp³-hybridized carbons (Fsp3) is 0.333. The number of carbonyl (C=O) groups excluding carboxylic acids is 2. The van der Waals surface area contributed by atoms with Crippen LogP contribution in [0.1, 0.15) is 36.7 Å². The monoisotopic (exact) mass is 369 g/mol. The van der Waals surface area contributed by atoms with E-state index in [-0.39, 0.29) is 12.5 Å². The Kier molecular flexibility index (Phi) is 7.67. The highest BCUT2D eigenvalue weighted by Gasteiger charge is 2.09. The molecule has 0 bridgehead atoms.